The van der Waals surface area contributed by atoms with Gasteiger partial charge in [-0.25, -0.2) is 101 Å². The quantitative estimate of drug-likeness (QED) is 0.0544. The van der Waals surface area contributed by atoms with Crippen molar-refractivity contribution in [2.75, 3.05) is 0 Å². The molecule has 0 aliphatic heterocycles. The summed E-state index contributed by atoms with van der Waals surface area (Å²) in [4.78, 5) is 0. The fourth-order valence-corrected chi connectivity index (χ4v) is 12.3. The Kier molecular flexibility index (Phi) is 10.4. The lowest BCUT2D eigenvalue weighted by atomic mass is 9.80. The van der Waals surface area contributed by atoms with Gasteiger partial charge in [-0.3, -0.25) is 0 Å². The van der Waals surface area contributed by atoms with Gasteiger partial charge in [-0.05, 0) is 0 Å². The van der Waals surface area contributed by atoms with Crippen molar-refractivity contribution in [1.82, 2.24) is 0 Å². The molecule has 0 fully saturated rings. The number of hydrogen-bond donors (Lipinski definition) is 0. The summed E-state index contributed by atoms with van der Waals surface area (Å²) in [5.41, 5.74) is -8.63. The van der Waals surface area contributed by atoms with Crippen molar-refractivity contribution in [2.45, 2.75) is 22.3 Å². The Morgan fingerprint density at radius 3 is 0.721 bits per heavy atom. The highest BCUT2D eigenvalue weighted by Crippen LogP contribution is 2.66. The minimum absolute atomic E-state index is 2.85. The monoisotopic (exact) mass is 1030 g/mol. The van der Waals surface area contributed by atoms with Crippen LogP contribution in [0.1, 0.15) is 11.1 Å². The SMILES string of the molecule is Fc1c(F)c(F)c2c(c1F)C(F)(F)C(F)(F)C(F)(F)[C]2(F)[Al]([c]1c(F)c(F)c(F)c2c(F)c3c(F)c(F)c(F)c(F)c3c(F)c12)[c]1c(F)c(F)c(F)c2c(F)c3c(F)c(F)c(F)c(F)c3c(F)c12. The van der Waals surface area contributed by atoms with Gasteiger partial charge < -0.3 is 0 Å². The van der Waals surface area contributed by atoms with E-state index in [0.717, 1.165) is 0 Å². The minimum Gasteiger partial charge on any atom is -0.248 e. The van der Waals surface area contributed by atoms with Crippen LogP contribution in [0.2, 0.25) is 0 Å². The maximum atomic E-state index is 18.6. The van der Waals surface area contributed by atoms with Crippen LogP contribution in [0.5, 0.6) is 0 Å². The Bertz CT molecular complexity index is 3370. The Hall–Kier alpha value is -5.92. The van der Waals surface area contributed by atoms with E-state index in [9.17, 15) is 35.1 Å². The summed E-state index contributed by atoms with van der Waals surface area (Å²) in [6, 6.07) is 0. The number of alkyl halides is 7. The topological polar surface area (TPSA) is 0 Å². The lowest BCUT2D eigenvalue weighted by Gasteiger charge is -2.49. The lowest BCUT2D eigenvalue weighted by molar-refractivity contribution is -0.351. The normalized spacial score (nSPS) is 17.6. The van der Waals surface area contributed by atoms with Crippen LogP contribution in [0.15, 0.2) is 0 Å². The van der Waals surface area contributed by atoms with Gasteiger partial charge in [0, 0.05) is 16.3 Å². The highest BCUT2D eigenvalue weighted by molar-refractivity contribution is 6.91. The summed E-state index contributed by atoms with van der Waals surface area (Å²) in [6.45, 7) is 0. The first-order valence-electron chi connectivity index (χ1n) is 17.1. The number of halogens is 29. The van der Waals surface area contributed by atoms with Crippen LogP contribution in [0.25, 0.3) is 43.1 Å². The smallest absolute Gasteiger partial charge is 0.248 e. The maximum absolute atomic E-state index is 18.6. The Labute approximate surface area is 354 Å². The Morgan fingerprint density at radius 1 is 0.206 bits per heavy atom. The van der Waals surface area contributed by atoms with Crippen molar-refractivity contribution in [3.05, 3.63) is 139 Å². The van der Waals surface area contributed by atoms with Crippen molar-refractivity contribution in [1.29, 1.82) is 0 Å². The minimum atomic E-state index is -8.64. The van der Waals surface area contributed by atoms with E-state index < -0.39 is 227 Å². The molecule has 0 spiro atoms. The van der Waals surface area contributed by atoms with E-state index in [1.54, 1.807) is 0 Å². The fraction of sp³-hybridized carbons (Fsp3) is 0.105. The molecule has 1 aliphatic rings. The van der Waals surface area contributed by atoms with E-state index in [2.05, 4.69) is 0 Å². The number of rotatable bonds is 3. The van der Waals surface area contributed by atoms with Crippen molar-refractivity contribution < 1.29 is 127 Å². The highest BCUT2D eigenvalue weighted by Gasteiger charge is 2.88. The second-order valence-corrected chi connectivity index (χ2v) is 17.2. The van der Waals surface area contributed by atoms with E-state index in [-0.39, 0.29) is 0 Å². The van der Waals surface area contributed by atoms with Crippen LogP contribution in [-0.2, 0) is 10.5 Å². The molecule has 0 heterocycles. The van der Waals surface area contributed by atoms with Gasteiger partial charge in [0.15, 0.2) is 109 Å². The first-order chi connectivity index (χ1) is 31.2. The van der Waals surface area contributed by atoms with Gasteiger partial charge in [0.05, 0.1) is 37.9 Å². The molecule has 1 aliphatic carbocycles. The lowest BCUT2D eigenvalue weighted by Crippen LogP contribution is -2.75. The molecule has 7 aromatic carbocycles. The van der Waals surface area contributed by atoms with E-state index >= 15 is 92.2 Å². The molecule has 68 heavy (non-hydrogen) atoms. The van der Waals surface area contributed by atoms with Crippen molar-refractivity contribution in [2.24, 2.45) is 0 Å². The zero-order chi connectivity index (χ0) is 51.2. The molecular formula is C38AlF29. The molecule has 0 amide bonds. The number of fused-ring (bicyclic) bond motifs is 5. The molecule has 0 nitrogen and oxygen atoms in total. The Morgan fingerprint density at radius 2 is 0.426 bits per heavy atom. The van der Waals surface area contributed by atoms with Crippen LogP contribution in [0, 0.1) is 128 Å². The largest absolute Gasteiger partial charge is 0.425 e. The van der Waals surface area contributed by atoms with Crippen molar-refractivity contribution >= 4 is 66.1 Å². The van der Waals surface area contributed by atoms with Gasteiger partial charge >= 0.3 is 31.9 Å². The average Bonchev–Trinajstić information content (AvgIpc) is 3.27. The van der Waals surface area contributed by atoms with Gasteiger partial charge in [0.1, 0.15) is 23.3 Å². The standard InChI is InChI=1S/2C14F9.C10F11.Al/c2*15-3-1-2-4(10(19)8(3)17)9(18)6-5(7(2)16)11(20)13(22)14(23)12(6)21;11-3-1-2(4(12)6(14)5(3)13)8(16,17)10(20,21)9(18,19)7(1)15;. The van der Waals surface area contributed by atoms with Gasteiger partial charge in [-0.2, -0.15) is 26.3 Å². The second kappa shape index (κ2) is 14.6. The first-order valence-corrected chi connectivity index (χ1v) is 18.8. The zero-order valence-corrected chi connectivity index (χ0v) is 31.7. The number of hydrogen-bond acceptors (Lipinski definition) is 0. The van der Waals surface area contributed by atoms with E-state index in [0.29, 0.717) is 0 Å². The Balaban J connectivity index is 1.83. The van der Waals surface area contributed by atoms with Gasteiger partial charge in [-0.1, -0.05) is 8.85 Å². The average molecular weight is 1030 g/mol. The first kappa shape index (κ1) is 48.5. The second-order valence-electron chi connectivity index (χ2n) is 14.4. The van der Waals surface area contributed by atoms with Crippen LogP contribution in [0.4, 0.5) is 127 Å². The molecule has 1 atom stereocenters. The summed E-state index contributed by atoms with van der Waals surface area (Å²) in [5, 5.41) is -25.0. The third kappa shape index (κ3) is 5.29. The molecule has 0 bridgehead atoms. The van der Waals surface area contributed by atoms with Gasteiger partial charge in [-0.15, -0.1) is 0 Å². The van der Waals surface area contributed by atoms with E-state index in [4.69, 9.17) is 0 Å². The molecule has 7 aromatic rings. The molecular weight excluding hydrogens is 1030 g/mol. The summed E-state index contributed by atoms with van der Waals surface area (Å²) in [6.07, 6.45) is 0. The molecule has 358 valence electrons. The summed E-state index contributed by atoms with van der Waals surface area (Å²) >= 11 is -8.64. The van der Waals surface area contributed by atoms with E-state index in [1.165, 1.54) is 0 Å². The zero-order valence-electron chi connectivity index (χ0n) is 30.5. The molecule has 30 heteroatoms. The molecule has 1 unspecified atom stereocenters. The third-order valence-corrected chi connectivity index (χ3v) is 14.9. The summed E-state index contributed by atoms with van der Waals surface area (Å²) in [7, 11) is 0. The molecule has 0 saturated heterocycles. The van der Waals surface area contributed by atoms with Crippen LogP contribution < -0.4 is 8.85 Å². The molecule has 0 radical (unpaired) electrons. The highest BCUT2D eigenvalue weighted by atomic mass is 27.2. The fourth-order valence-electron chi connectivity index (χ4n) is 8.23. The van der Waals surface area contributed by atoms with Crippen LogP contribution >= 0.6 is 0 Å². The summed E-state index contributed by atoms with van der Waals surface area (Å²) < 4.78 is 440. The van der Waals surface area contributed by atoms with Gasteiger partial charge in [0.2, 0.25) is 0 Å². The molecule has 0 N–H and O–H groups in total. The van der Waals surface area contributed by atoms with Crippen molar-refractivity contribution in [3.63, 3.8) is 0 Å². The molecule has 0 saturated carbocycles. The number of benzene rings is 7. The predicted octanol–water partition coefficient (Wildman–Crippen LogP) is 12.7. The molecule has 0 aromatic heterocycles. The maximum Gasteiger partial charge on any atom is 0.425 e. The van der Waals surface area contributed by atoms with Crippen molar-refractivity contribution in [3.8, 4) is 0 Å². The van der Waals surface area contributed by atoms with Gasteiger partial charge in [0.25, 0.3) is 0 Å². The third-order valence-electron chi connectivity index (χ3n) is 11.2. The predicted molar refractivity (Wildman–Crippen MR) is 170 cm³/mol. The van der Waals surface area contributed by atoms with E-state index in [1.807, 2.05) is 0 Å². The van der Waals surface area contributed by atoms with Crippen LogP contribution in [-0.4, -0.2) is 26.0 Å². The molecule has 8 rings (SSSR count). The van der Waals surface area contributed by atoms with Crippen LogP contribution in [0.3, 0.4) is 0 Å². The summed E-state index contributed by atoms with van der Waals surface area (Å²) in [5.74, 6) is -104.